The third-order valence-corrected chi connectivity index (χ3v) is 7.13. The highest BCUT2D eigenvalue weighted by molar-refractivity contribution is 8.03. The summed E-state index contributed by atoms with van der Waals surface area (Å²) in [5.74, 6) is 0.244. The normalized spacial score (nSPS) is 17.3. The van der Waals surface area contributed by atoms with Crippen molar-refractivity contribution in [3.8, 4) is 0 Å². The number of halogens is 4. The quantitative estimate of drug-likeness (QED) is 0.238. The molecule has 0 bridgehead atoms. The second kappa shape index (κ2) is 13.1. The van der Waals surface area contributed by atoms with Crippen LogP contribution in [0, 0.1) is 0 Å². The monoisotopic (exact) mass is 531 g/mol. The minimum absolute atomic E-state index is 0.244. The predicted octanol–water partition coefficient (Wildman–Crippen LogP) is 8.95. The highest BCUT2D eigenvalue weighted by Gasteiger charge is 2.31. The Morgan fingerprint density at radius 3 is 2.58 bits per heavy atom. The lowest BCUT2D eigenvalue weighted by Gasteiger charge is -2.17. The number of ether oxygens (including phenoxy) is 1. The van der Waals surface area contributed by atoms with Gasteiger partial charge in [0.05, 0.1) is 17.9 Å². The van der Waals surface area contributed by atoms with Gasteiger partial charge in [0.15, 0.2) is 0 Å². The number of rotatable bonds is 9. The fraction of sp³-hybridized carbons (Fsp3) is 0.276. The lowest BCUT2D eigenvalue weighted by Crippen LogP contribution is -2.11. The van der Waals surface area contributed by atoms with Gasteiger partial charge < -0.3 is 4.74 Å². The van der Waals surface area contributed by atoms with Crippen molar-refractivity contribution in [2.24, 2.45) is 4.99 Å². The van der Waals surface area contributed by atoms with Gasteiger partial charge in [-0.3, -0.25) is 4.99 Å². The fourth-order valence-electron chi connectivity index (χ4n) is 3.78. The molecule has 7 heteroatoms. The number of nitrogens with zero attached hydrogens (tertiary/aromatic N) is 1. The topological polar surface area (TPSA) is 21.6 Å². The maximum atomic E-state index is 13.5. The van der Waals surface area contributed by atoms with Crippen LogP contribution in [-0.4, -0.2) is 31.6 Å². The zero-order chi connectivity index (χ0) is 26.1. The van der Waals surface area contributed by atoms with E-state index in [1.165, 1.54) is 17.3 Å². The predicted molar refractivity (Wildman–Crippen MR) is 145 cm³/mol. The van der Waals surface area contributed by atoms with Crippen molar-refractivity contribution < 1.29 is 17.9 Å². The smallest absolute Gasteiger partial charge is 0.381 e. The summed E-state index contributed by atoms with van der Waals surface area (Å²) < 4.78 is 46.2. The summed E-state index contributed by atoms with van der Waals surface area (Å²) in [4.78, 5) is 6.02. The van der Waals surface area contributed by atoms with E-state index in [1.54, 1.807) is 31.2 Å². The first-order valence-electron chi connectivity index (χ1n) is 11.7. The highest BCUT2D eigenvalue weighted by atomic mass is 35.5. The molecule has 2 aromatic rings. The highest BCUT2D eigenvalue weighted by Crippen LogP contribution is 2.36. The molecular formula is C29H29ClF3NOS. The number of hydrogen-bond acceptors (Lipinski definition) is 3. The van der Waals surface area contributed by atoms with Crippen LogP contribution >= 0.6 is 23.4 Å². The van der Waals surface area contributed by atoms with E-state index in [4.69, 9.17) is 21.3 Å². The van der Waals surface area contributed by atoms with Crippen LogP contribution in [0.25, 0.3) is 0 Å². The minimum atomic E-state index is -4.50. The van der Waals surface area contributed by atoms with Gasteiger partial charge in [-0.1, -0.05) is 66.4 Å². The van der Waals surface area contributed by atoms with Crippen molar-refractivity contribution in [1.82, 2.24) is 0 Å². The van der Waals surface area contributed by atoms with Crippen LogP contribution in [-0.2, 0) is 4.74 Å². The van der Waals surface area contributed by atoms with Gasteiger partial charge in [-0.2, -0.15) is 13.2 Å². The Morgan fingerprint density at radius 1 is 1.19 bits per heavy atom. The summed E-state index contributed by atoms with van der Waals surface area (Å²) in [5.41, 5.74) is 2.88. The lowest BCUT2D eigenvalue weighted by atomic mass is 9.91. The third-order valence-electron chi connectivity index (χ3n) is 5.71. The van der Waals surface area contributed by atoms with Crippen LogP contribution in [0.2, 0.25) is 5.02 Å². The molecule has 0 N–H and O–H groups in total. The molecule has 1 unspecified atom stereocenters. The summed E-state index contributed by atoms with van der Waals surface area (Å²) in [6.45, 7) is 9.07. The SMILES string of the molecule is C=C\C(=C/C(Sc1ccc(Cl)cc1)=C(C)/C=C/C1=NCCC(COCC)c2ccccc21)C(F)(F)F. The Bertz CT molecular complexity index is 1180. The van der Waals surface area contributed by atoms with E-state index < -0.39 is 11.7 Å². The first-order chi connectivity index (χ1) is 17.2. The second-order valence-electron chi connectivity index (χ2n) is 8.24. The van der Waals surface area contributed by atoms with E-state index >= 15 is 0 Å². The van der Waals surface area contributed by atoms with Crippen LogP contribution in [0.3, 0.4) is 0 Å². The van der Waals surface area contributed by atoms with Crippen LogP contribution in [0.4, 0.5) is 13.2 Å². The molecule has 2 nitrogen and oxygen atoms in total. The third kappa shape index (κ3) is 7.73. The number of aliphatic imine (C=N–C) groups is 1. The molecule has 1 atom stereocenters. The fourth-order valence-corrected chi connectivity index (χ4v) is 4.85. The Balaban J connectivity index is 1.99. The molecule has 36 heavy (non-hydrogen) atoms. The summed E-state index contributed by atoms with van der Waals surface area (Å²) in [6.07, 6.45) is 2.05. The lowest BCUT2D eigenvalue weighted by molar-refractivity contribution is -0.0881. The molecule has 0 fully saturated rings. The van der Waals surface area contributed by atoms with Crippen LogP contribution in [0.15, 0.2) is 105 Å². The van der Waals surface area contributed by atoms with Crippen molar-refractivity contribution in [2.45, 2.75) is 37.3 Å². The first-order valence-corrected chi connectivity index (χ1v) is 12.9. The van der Waals surface area contributed by atoms with Gasteiger partial charge >= 0.3 is 6.18 Å². The van der Waals surface area contributed by atoms with Crippen molar-refractivity contribution in [3.05, 3.63) is 112 Å². The van der Waals surface area contributed by atoms with Gasteiger partial charge in [-0.05, 0) is 67.8 Å². The van der Waals surface area contributed by atoms with E-state index in [-0.39, 0.29) is 5.92 Å². The van der Waals surface area contributed by atoms with Crippen LogP contribution in [0.1, 0.15) is 37.3 Å². The van der Waals surface area contributed by atoms with Crippen molar-refractivity contribution >= 4 is 29.1 Å². The Labute approximate surface area is 220 Å². The largest absolute Gasteiger partial charge is 0.416 e. The average molecular weight is 532 g/mol. The second-order valence-corrected chi connectivity index (χ2v) is 9.79. The van der Waals surface area contributed by atoms with Crippen molar-refractivity contribution in [1.29, 1.82) is 0 Å². The molecule has 3 rings (SSSR count). The molecule has 0 amide bonds. The number of thioether (sulfide) groups is 1. The Morgan fingerprint density at radius 2 is 1.92 bits per heavy atom. The number of hydrogen-bond donors (Lipinski definition) is 0. The van der Waals surface area contributed by atoms with E-state index in [2.05, 4.69) is 12.6 Å². The van der Waals surface area contributed by atoms with Gasteiger partial charge in [0.25, 0.3) is 0 Å². The van der Waals surface area contributed by atoms with E-state index in [0.29, 0.717) is 35.3 Å². The Hall–Kier alpha value is -2.54. The van der Waals surface area contributed by atoms with Crippen LogP contribution in [0.5, 0.6) is 0 Å². The molecular weight excluding hydrogens is 503 g/mol. The summed E-state index contributed by atoms with van der Waals surface area (Å²) in [5, 5.41) is 0.562. The van der Waals surface area contributed by atoms with Gasteiger partial charge in [0.2, 0.25) is 0 Å². The Kier molecular flexibility index (Phi) is 10.2. The summed E-state index contributed by atoms with van der Waals surface area (Å²) in [6, 6.07) is 15.1. The van der Waals surface area contributed by atoms with E-state index in [0.717, 1.165) is 34.7 Å². The molecule has 0 saturated carbocycles. The average Bonchev–Trinajstić information content (AvgIpc) is 3.03. The molecule has 1 aliphatic rings. The van der Waals surface area contributed by atoms with Gasteiger partial charge in [-0.25, -0.2) is 0 Å². The van der Waals surface area contributed by atoms with E-state index in [1.807, 2.05) is 37.3 Å². The molecule has 0 aromatic heterocycles. The molecule has 190 valence electrons. The standard InChI is InChI=1S/C29H29ClF3NOS/c1-4-22(29(31,32)33)18-28(36-24-13-11-23(30)12-14-24)20(3)10-15-27-26-9-7-6-8-25(26)21(16-17-34-27)19-35-5-2/h4,6-15,18,21H,1,5,16-17,19H2,2-3H3/b15-10+,22-18+,28-20-. The van der Waals surface area contributed by atoms with Crippen LogP contribution < -0.4 is 0 Å². The molecule has 0 spiro atoms. The first kappa shape index (κ1) is 28.0. The zero-order valence-electron chi connectivity index (χ0n) is 20.3. The number of allylic oxidation sites excluding steroid dienone is 6. The van der Waals surface area contributed by atoms with Gasteiger partial charge in [0.1, 0.15) is 0 Å². The number of alkyl halides is 3. The minimum Gasteiger partial charge on any atom is -0.381 e. The van der Waals surface area contributed by atoms with Gasteiger partial charge in [-0.15, -0.1) is 0 Å². The zero-order valence-corrected chi connectivity index (χ0v) is 21.9. The van der Waals surface area contributed by atoms with Crippen molar-refractivity contribution in [2.75, 3.05) is 19.8 Å². The number of fused-ring (bicyclic) bond motifs is 1. The molecule has 0 aliphatic carbocycles. The summed E-state index contributed by atoms with van der Waals surface area (Å²) in [7, 11) is 0. The maximum absolute atomic E-state index is 13.5. The van der Waals surface area contributed by atoms with Crippen molar-refractivity contribution in [3.63, 3.8) is 0 Å². The van der Waals surface area contributed by atoms with Gasteiger partial charge in [0, 0.05) is 39.5 Å². The molecule has 0 saturated heterocycles. The number of benzene rings is 2. The van der Waals surface area contributed by atoms with E-state index in [9.17, 15) is 13.2 Å². The molecule has 0 radical (unpaired) electrons. The molecule has 1 aliphatic heterocycles. The molecule has 1 heterocycles. The molecule has 2 aromatic carbocycles. The summed E-state index contributed by atoms with van der Waals surface area (Å²) >= 11 is 7.22. The maximum Gasteiger partial charge on any atom is 0.416 e.